The summed E-state index contributed by atoms with van der Waals surface area (Å²) in [7, 11) is 0. The predicted octanol–water partition coefficient (Wildman–Crippen LogP) is 4.51. The van der Waals surface area contributed by atoms with E-state index < -0.39 is 6.36 Å². The molecule has 2 aromatic rings. The van der Waals surface area contributed by atoms with E-state index in [-0.39, 0.29) is 5.75 Å². The van der Waals surface area contributed by atoms with E-state index in [0.29, 0.717) is 24.1 Å². The summed E-state index contributed by atoms with van der Waals surface area (Å²) in [6.07, 6.45) is -2.41. The highest BCUT2D eigenvalue weighted by molar-refractivity contribution is 5.37. The van der Waals surface area contributed by atoms with Crippen molar-refractivity contribution < 1.29 is 27.4 Å². The van der Waals surface area contributed by atoms with Crippen molar-refractivity contribution >= 4 is 0 Å². The zero-order chi connectivity index (χ0) is 17.7. The van der Waals surface area contributed by atoms with Gasteiger partial charge in [-0.1, -0.05) is 0 Å². The standard InChI is InChI=1S/C18H18F3NO3/c19-18(20,21)25-17-9-7-16(8-10-17)24-15-5-3-14(4-6-15)23-12-13-2-1-11-22-13/h3-10,13,22H,1-2,11-12H2/t13-/m1/s1. The van der Waals surface area contributed by atoms with Crippen LogP contribution in [0.3, 0.4) is 0 Å². The van der Waals surface area contributed by atoms with Gasteiger partial charge >= 0.3 is 6.36 Å². The molecule has 1 atom stereocenters. The number of halogens is 3. The van der Waals surface area contributed by atoms with Gasteiger partial charge in [0.25, 0.3) is 0 Å². The van der Waals surface area contributed by atoms with Crippen molar-refractivity contribution in [1.29, 1.82) is 0 Å². The summed E-state index contributed by atoms with van der Waals surface area (Å²) in [6, 6.07) is 12.7. The summed E-state index contributed by atoms with van der Waals surface area (Å²) in [4.78, 5) is 0. The van der Waals surface area contributed by atoms with Gasteiger partial charge in [0.1, 0.15) is 29.6 Å². The Kier molecular flexibility index (Phi) is 5.33. The van der Waals surface area contributed by atoms with Gasteiger partial charge in [0.05, 0.1) is 0 Å². The maximum atomic E-state index is 12.1. The van der Waals surface area contributed by atoms with Gasteiger partial charge in [0, 0.05) is 6.04 Å². The molecule has 1 N–H and O–H groups in total. The minimum atomic E-state index is -4.70. The lowest BCUT2D eigenvalue weighted by atomic mass is 10.2. The molecule has 134 valence electrons. The Morgan fingerprint density at radius 2 is 1.44 bits per heavy atom. The van der Waals surface area contributed by atoms with Crippen molar-refractivity contribution in [2.45, 2.75) is 25.2 Å². The summed E-state index contributed by atoms with van der Waals surface area (Å²) in [5.41, 5.74) is 0. The lowest BCUT2D eigenvalue weighted by molar-refractivity contribution is -0.274. The van der Waals surface area contributed by atoms with Crippen molar-refractivity contribution in [3.05, 3.63) is 48.5 Å². The second-order valence-electron chi connectivity index (χ2n) is 5.70. The molecule has 1 saturated heterocycles. The molecule has 0 saturated carbocycles. The van der Waals surface area contributed by atoms with E-state index in [1.807, 2.05) is 0 Å². The lowest BCUT2D eigenvalue weighted by Crippen LogP contribution is -2.28. The minimum absolute atomic E-state index is 0.288. The van der Waals surface area contributed by atoms with Crippen LogP contribution in [0.1, 0.15) is 12.8 Å². The number of ether oxygens (including phenoxy) is 3. The zero-order valence-corrected chi connectivity index (χ0v) is 13.4. The van der Waals surface area contributed by atoms with Gasteiger partial charge in [-0.05, 0) is 67.9 Å². The highest BCUT2D eigenvalue weighted by Crippen LogP contribution is 2.28. The molecule has 0 aromatic heterocycles. The zero-order valence-electron chi connectivity index (χ0n) is 13.4. The molecule has 1 aliphatic heterocycles. The van der Waals surface area contributed by atoms with Gasteiger partial charge in [-0.3, -0.25) is 0 Å². The van der Waals surface area contributed by atoms with Crippen LogP contribution in [0.4, 0.5) is 13.2 Å². The van der Waals surface area contributed by atoms with Gasteiger partial charge in [-0.25, -0.2) is 0 Å². The summed E-state index contributed by atoms with van der Waals surface area (Å²) in [6.45, 7) is 1.66. The van der Waals surface area contributed by atoms with E-state index in [0.717, 1.165) is 18.7 Å². The fourth-order valence-electron chi connectivity index (χ4n) is 2.55. The first-order valence-corrected chi connectivity index (χ1v) is 7.98. The lowest BCUT2D eigenvalue weighted by Gasteiger charge is -2.13. The molecule has 2 aromatic carbocycles. The molecular formula is C18H18F3NO3. The Bertz CT molecular complexity index is 665. The molecule has 1 aliphatic rings. The van der Waals surface area contributed by atoms with E-state index in [1.54, 1.807) is 24.3 Å². The van der Waals surface area contributed by atoms with Crippen LogP contribution < -0.4 is 19.5 Å². The molecule has 0 unspecified atom stereocenters. The normalized spacial score (nSPS) is 17.3. The minimum Gasteiger partial charge on any atom is -0.492 e. The molecule has 4 nitrogen and oxygen atoms in total. The largest absolute Gasteiger partial charge is 0.573 e. The van der Waals surface area contributed by atoms with Gasteiger partial charge in [0.2, 0.25) is 0 Å². The smallest absolute Gasteiger partial charge is 0.492 e. The summed E-state index contributed by atoms with van der Waals surface area (Å²) in [5.74, 6) is 1.44. The highest BCUT2D eigenvalue weighted by atomic mass is 19.4. The van der Waals surface area contributed by atoms with Crippen LogP contribution in [0.15, 0.2) is 48.5 Å². The Hall–Kier alpha value is -2.41. The molecule has 0 bridgehead atoms. The first-order chi connectivity index (χ1) is 12.0. The maximum Gasteiger partial charge on any atom is 0.573 e. The van der Waals surface area contributed by atoms with Crippen LogP contribution in [-0.2, 0) is 0 Å². The first kappa shape index (κ1) is 17.4. The van der Waals surface area contributed by atoms with Crippen molar-refractivity contribution in [2.75, 3.05) is 13.2 Å². The third-order valence-electron chi connectivity index (χ3n) is 3.73. The van der Waals surface area contributed by atoms with Crippen LogP contribution in [0.2, 0.25) is 0 Å². The number of nitrogens with one attached hydrogen (secondary N) is 1. The quantitative estimate of drug-likeness (QED) is 0.830. The van der Waals surface area contributed by atoms with Gasteiger partial charge in [0.15, 0.2) is 0 Å². The van der Waals surface area contributed by atoms with Gasteiger partial charge in [-0.15, -0.1) is 13.2 Å². The van der Waals surface area contributed by atoms with Crippen molar-refractivity contribution in [3.63, 3.8) is 0 Å². The molecular weight excluding hydrogens is 335 g/mol. The van der Waals surface area contributed by atoms with E-state index >= 15 is 0 Å². The molecule has 25 heavy (non-hydrogen) atoms. The van der Waals surface area contributed by atoms with Gasteiger partial charge in [-0.2, -0.15) is 0 Å². The Labute approximate surface area is 143 Å². The average molecular weight is 353 g/mol. The Morgan fingerprint density at radius 1 is 0.880 bits per heavy atom. The molecule has 0 aliphatic carbocycles. The van der Waals surface area contributed by atoms with E-state index in [9.17, 15) is 13.2 Å². The Balaban J connectivity index is 1.52. The molecule has 7 heteroatoms. The van der Waals surface area contributed by atoms with Crippen molar-refractivity contribution in [1.82, 2.24) is 5.32 Å². The molecule has 1 heterocycles. The first-order valence-electron chi connectivity index (χ1n) is 7.98. The third-order valence-corrected chi connectivity index (χ3v) is 3.73. The molecule has 0 amide bonds. The second kappa shape index (κ2) is 7.65. The number of alkyl halides is 3. The predicted molar refractivity (Wildman–Crippen MR) is 86.2 cm³/mol. The van der Waals surface area contributed by atoms with E-state index in [1.165, 1.54) is 30.7 Å². The molecule has 3 rings (SSSR count). The molecule has 0 radical (unpaired) electrons. The monoisotopic (exact) mass is 353 g/mol. The SMILES string of the molecule is FC(F)(F)Oc1ccc(Oc2ccc(OC[C@H]3CCCN3)cc2)cc1. The fourth-order valence-corrected chi connectivity index (χ4v) is 2.55. The van der Waals surface area contributed by atoms with Crippen LogP contribution >= 0.6 is 0 Å². The summed E-state index contributed by atoms with van der Waals surface area (Å²) >= 11 is 0. The molecule has 0 spiro atoms. The third kappa shape index (κ3) is 5.56. The molecule has 1 fully saturated rings. The number of benzene rings is 2. The van der Waals surface area contributed by atoms with Crippen LogP contribution in [0.5, 0.6) is 23.0 Å². The van der Waals surface area contributed by atoms with Crippen molar-refractivity contribution in [3.8, 4) is 23.0 Å². The number of hydrogen-bond donors (Lipinski definition) is 1. The number of hydrogen-bond acceptors (Lipinski definition) is 4. The summed E-state index contributed by atoms with van der Waals surface area (Å²) in [5, 5.41) is 3.36. The van der Waals surface area contributed by atoms with Crippen LogP contribution in [0.25, 0.3) is 0 Å². The maximum absolute atomic E-state index is 12.1. The fraction of sp³-hybridized carbons (Fsp3) is 0.333. The van der Waals surface area contributed by atoms with Crippen LogP contribution in [-0.4, -0.2) is 25.6 Å². The van der Waals surface area contributed by atoms with Gasteiger partial charge < -0.3 is 19.5 Å². The Morgan fingerprint density at radius 3 is 1.96 bits per heavy atom. The van der Waals surface area contributed by atoms with E-state index in [4.69, 9.17) is 9.47 Å². The number of rotatable bonds is 6. The van der Waals surface area contributed by atoms with E-state index in [2.05, 4.69) is 10.1 Å². The van der Waals surface area contributed by atoms with Crippen molar-refractivity contribution in [2.24, 2.45) is 0 Å². The average Bonchev–Trinajstić information content (AvgIpc) is 3.08. The second-order valence-corrected chi connectivity index (χ2v) is 5.70. The highest BCUT2D eigenvalue weighted by Gasteiger charge is 2.30. The topological polar surface area (TPSA) is 39.7 Å². The summed E-state index contributed by atoms with van der Waals surface area (Å²) < 4.78 is 51.5. The van der Waals surface area contributed by atoms with Crippen LogP contribution in [0, 0.1) is 0 Å².